The molecule has 1 aromatic carbocycles. The van der Waals surface area contributed by atoms with Crippen molar-refractivity contribution in [1.29, 1.82) is 10.5 Å². The first-order valence-corrected chi connectivity index (χ1v) is 12.2. The third-order valence-electron chi connectivity index (χ3n) is 6.71. The molecule has 35 heavy (non-hydrogen) atoms. The highest BCUT2D eigenvalue weighted by atomic mass is 32.2. The Morgan fingerprint density at radius 3 is 2.54 bits per heavy atom. The molecule has 1 saturated carbocycles. The molecule has 0 unspecified atom stereocenters. The fraction of sp³-hybridized carbons (Fsp3) is 0.308. The maximum atomic E-state index is 13.7. The van der Waals surface area contributed by atoms with Gasteiger partial charge in [0.05, 0.1) is 40.7 Å². The summed E-state index contributed by atoms with van der Waals surface area (Å²) >= 11 is 1.30. The first kappa shape index (κ1) is 23.1. The zero-order valence-electron chi connectivity index (χ0n) is 19.4. The lowest BCUT2D eigenvalue weighted by atomic mass is 9.83. The van der Waals surface area contributed by atoms with E-state index in [0.717, 1.165) is 47.4 Å². The van der Waals surface area contributed by atoms with Crippen molar-refractivity contribution in [2.24, 2.45) is 0 Å². The zero-order chi connectivity index (χ0) is 24.7. The van der Waals surface area contributed by atoms with E-state index in [4.69, 9.17) is 0 Å². The third-order valence-corrected chi connectivity index (χ3v) is 7.82. The molecule has 0 radical (unpaired) electrons. The fourth-order valence-electron chi connectivity index (χ4n) is 4.73. The summed E-state index contributed by atoms with van der Waals surface area (Å²) in [7, 11) is 0. The summed E-state index contributed by atoms with van der Waals surface area (Å²) in [5.41, 5.74) is 3.50. The summed E-state index contributed by atoms with van der Waals surface area (Å²) in [4.78, 5) is 1.33. The molecule has 1 N–H and O–H groups in total. The second-order valence-electron chi connectivity index (χ2n) is 9.23. The van der Waals surface area contributed by atoms with Crippen LogP contribution in [-0.2, 0) is 0 Å². The van der Waals surface area contributed by atoms with Gasteiger partial charge in [-0.2, -0.15) is 20.7 Å². The number of aromatic nitrogens is 4. The first-order chi connectivity index (χ1) is 16.8. The van der Waals surface area contributed by atoms with Crippen molar-refractivity contribution in [3.63, 3.8) is 0 Å². The average Bonchev–Trinajstić information content (AvgIpc) is 3.43. The van der Waals surface area contributed by atoms with Crippen molar-refractivity contribution in [2.75, 3.05) is 0 Å². The highest BCUT2D eigenvalue weighted by Crippen LogP contribution is 2.39. The quantitative estimate of drug-likeness (QED) is 0.414. The molecule has 0 spiro atoms. The van der Waals surface area contributed by atoms with Gasteiger partial charge in [0.2, 0.25) is 0 Å². The van der Waals surface area contributed by atoms with Crippen LogP contribution in [0.5, 0.6) is 0 Å². The standard InChI is InChI=1S/C26H23FN6OS/c1-16-22(14-31-33(16)21-5-7-26(2,34)8-6-21)18-10-24(25-19(12-29)13-30-32(25)15-18)35-23-4-3-20(27)9-17(23)11-28/h3-4,9-10,13-15,21,34H,5-8H2,1-2H3/t21-,26-. The van der Waals surface area contributed by atoms with Gasteiger partial charge in [0, 0.05) is 32.8 Å². The number of hydrogen-bond acceptors (Lipinski definition) is 6. The van der Waals surface area contributed by atoms with E-state index in [2.05, 4.69) is 16.3 Å². The number of halogens is 1. The van der Waals surface area contributed by atoms with Crippen LogP contribution < -0.4 is 0 Å². The van der Waals surface area contributed by atoms with Crippen LogP contribution in [0.4, 0.5) is 4.39 Å². The molecule has 0 saturated heterocycles. The third kappa shape index (κ3) is 4.29. The topological polar surface area (TPSA) is 103 Å². The molecule has 7 nitrogen and oxygen atoms in total. The lowest BCUT2D eigenvalue weighted by Gasteiger charge is -2.33. The number of aliphatic hydroxyl groups is 1. The van der Waals surface area contributed by atoms with Crippen LogP contribution in [0.1, 0.15) is 55.5 Å². The number of benzene rings is 1. The summed E-state index contributed by atoms with van der Waals surface area (Å²) in [5, 5.41) is 38.5. The van der Waals surface area contributed by atoms with Crippen LogP contribution in [0, 0.1) is 35.4 Å². The van der Waals surface area contributed by atoms with Gasteiger partial charge in [-0.15, -0.1) is 0 Å². The Morgan fingerprint density at radius 1 is 1.09 bits per heavy atom. The van der Waals surface area contributed by atoms with Crippen molar-refractivity contribution in [3.8, 4) is 23.3 Å². The van der Waals surface area contributed by atoms with Gasteiger partial charge in [-0.25, -0.2) is 8.91 Å². The first-order valence-electron chi connectivity index (χ1n) is 11.4. The van der Waals surface area contributed by atoms with E-state index in [1.165, 1.54) is 30.1 Å². The molecule has 1 aliphatic carbocycles. The van der Waals surface area contributed by atoms with Crippen molar-refractivity contribution in [2.45, 2.75) is 61.0 Å². The largest absolute Gasteiger partial charge is 0.390 e. The molecule has 5 rings (SSSR count). The van der Waals surface area contributed by atoms with Crippen LogP contribution in [-0.4, -0.2) is 30.1 Å². The van der Waals surface area contributed by atoms with E-state index in [9.17, 15) is 20.0 Å². The summed E-state index contributed by atoms with van der Waals surface area (Å²) in [6.07, 6.45) is 8.43. The fourth-order valence-corrected chi connectivity index (χ4v) is 5.81. The number of fused-ring (bicyclic) bond motifs is 1. The highest BCUT2D eigenvalue weighted by molar-refractivity contribution is 7.99. The van der Waals surface area contributed by atoms with Crippen LogP contribution in [0.3, 0.4) is 0 Å². The second kappa shape index (κ2) is 8.84. The second-order valence-corrected chi connectivity index (χ2v) is 10.3. The zero-order valence-corrected chi connectivity index (χ0v) is 20.2. The molecular weight excluding hydrogens is 463 g/mol. The molecule has 3 aromatic heterocycles. The van der Waals surface area contributed by atoms with Crippen LogP contribution in [0.15, 0.2) is 52.6 Å². The summed E-state index contributed by atoms with van der Waals surface area (Å²) < 4.78 is 17.4. The number of nitriles is 2. The van der Waals surface area contributed by atoms with E-state index in [-0.39, 0.29) is 11.6 Å². The van der Waals surface area contributed by atoms with Crippen LogP contribution in [0.25, 0.3) is 16.6 Å². The molecule has 0 amide bonds. The molecule has 9 heteroatoms. The molecule has 1 fully saturated rings. The Hall–Kier alpha value is -3.66. The molecule has 0 bridgehead atoms. The van der Waals surface area contributed by atoms with Gasteiger partial charge in [-0.1, -0.05) is 11.8 Å². The maximum Gasteiger partial charge on any atom is 0.124 e. The van der Waals surface area contributed by atoms with Gasteiger partial charge >= 0.3 is 0 Å². The van der Waals surface area contributed by atoms with Gasteiger partial charge in [-0.3, -0.25) is 4.68 Å². The van der Waals surface area contributed by atoms with E-state index < -0.39 is 11.4 Å². The minimum absolute atomic E-state index is 0.230. The van der Waals surface area contributed by atoms with Gasteiger partial charge in [0.15, 0.2) is 0 Å². The minimum Gasteiger partial charge on any atom is -0.390 e. The average molecular weight is 487 g/mol. The highest BCUT2D eigenvalue weighted by Gasteiger charge is 2.31. The number of rotatable bonds is 4. The van der Waals surface area contributed by atoms with Crippen molar-refractivity contribution in [3.05, 3.63) is 65.5 Å². The van der Waals surface area contributed by atoms with E-state index in [0.29, 0.717) is 16.0 Å². The normalized spacial score (nSPS) is 20.0. The van der Waals surface area contributed by atoms with Gasteiger partial charge in [0.25, 0.3) is 0 Å². The van der Waals surface area contributed by atoms with Crippen molar-refractivity contribution < 1.29 is 9.50 Å². The number of pyridine rings is 1. The summed E-state index contributed by atoms with van der Waals surface area (Å²) in [5.74, 6) is -0.473. The Bertz CT molecular complexity index is 1510. The van der Waals surface area contributed by atoms with Crippen molar-refractivity contribution in [1.82, 2.24) is 19.4 Å². The molecule has 4 aromatic rings. The monoisotopic (exact) mass is 486 g/mol. The predicted octanol–water partition coefficient (Wildman–Crippen LogP) is 5.41. The van der Waals surface area contributed by atoms with Gasteiger partial charge in [0.1, 0.15) is 18.0 Å². The minimum atomic E-state index is -0.612. The number of hydrogen-bond donors (Lipinski definition) is 1. The van der Waals surface area contributed by atoms with Crippen LogP contribution >= 0.6 is 11.8 Å². The van der Waals surface area contributed by atoms with Crippen molar-refractivity contribution >= 4 is 17.3 Å². The predicted molar refractivity (Wildman–Crippen MR) is 129 cm³/mol. The van der Waals surface area contributed by atoms with Gasteiger partial charge in [-0.05, 0) is 63.8 Å². The van der Waals surface area contributed by atoms with E-state index in [1.54, 1.807) is 10.6 Å². The smallest absolute Gasteiger partial charge is 0.124 e. The molecule has 1 aliphatic rings. The lowest BCUT2D eigenvalue weighted by Crippen LogP contribution is -2.31. The van der Waals surface area contributed by atoms with E-state index >= 15 is 0 Å². The summed E-state index contributed by atoms with van der Waals surface area (Å²) in [6.45, 7) is 3.92. The SMILES string of the molecule is Cc1c(-c2cc(Sc3ccc(F)cc3C#N)c3c(C#N)cnn3c2)cnn1[C@H]1CC[C@](C)(O)CC1. The Balaban J connectivity index is 1.58. The van der Waals surface area contributed by atoms with Gasteiger partial charge < -0.3 is 5.11 Å². The van der Waals surface area contributed by atoms with Crippen LogP contribution in [0.2, 0.25) is 0 Å². The molecule has 3 heterocycles. The van der Waals surface area contributed by atoms with E-state index in [1.807, 2.05) is 43.1 Å². The maximum absolute atomic E-state index is 13.7. The Labute approximate surface area is 206 Å². The molecular formula is C26H23FN6OS. The molecule has 176 valence electrons. The summed E-state index contributed by atoms with van der Waals surface area (Å²) in [6, 6.07) is 10.5. The Kier molecular flexibility index (Phi) is 5.84. The molecule has 0 atom stereocenters. The Morgan fingerprint density at radius 2 is 1.83 bits per heavy atom. The molecule has 0 aliphatic heterocycles. The lowest BCUT2D eigenvalue weighted by molar-refractivity contribution is 0.00826. The number of nitrogens with zero attached hydrogens (tertiary/aromatic N) is 6.